The first-order valence-corrected chi connectivity index (χ1v) is 9.45. The van der Waals surface area contributed by atoms with Gasteiger partial charge in [0.2, 0.25) is 9.84 Å². The lowest BCUT2D eigenvalue weighted by molar-refractivity contribution is -0.138. The number of rotatable bonds is 4. The number of hydrogen-bond donors (Lipinski definition) is 0. The standard InChI is InChI=1S/C18H12F6N2O2S/c19-17(20,21)13-2-1-3-14(9-13)29(27,28)15-4-5-16(18(22,23)24)12(8-15)10-26-7-6-25-11-26/h1-9,11H,10H2. The van der Waals surface area contributed by atoms with Gasteiger partial charge in [-0.3, -0.25) is 0 Å². The summed E-state index contributed by atoms with van der Waals surface area (Å²) in [6.45, 7) is -0.319. The minimum absolute atomic E-state index is 0.319. The molecule has 3 aromatic rings. The second kappa shape index (κ2) is 7.21. The SMILES string of the molecule is O=S(=O)(c1cccc(C(F)(F)F)c1)c1ccc(C(F)(F)F)c(Cn2ccnc2)c1. The summed E-state index contributed by atoms with van der Waals surface area (Å²) in [4.78, 5) is 2.51. The predicted molar refractivity (Wildman–Crippen MR) is 89.7 cm³/mol. The normalized spacial score (nSPS) is 12.9. The van der Waals surface area contributed by atoms with Crippen molar-refractivity contribution in [2.75, 3.05) is 0 Å². The van der Waals surface area contributed by atoms with Crippen LogP contribution in [0.3, 0.4) is 0 Å². The van der Waals surface area contributed by atoms with Crippen LogP contribution in [-0.2, 0) is 28.7 Å². The molecule has 154 valence electrons. The molecule has 4 nitrogen and oxygen atoms in total. The minimum atomic E-state index is -4.77. The molecule has 0 amide bonds. The highest BCUT2D eigenvalue weighted by atomic mass is 32.2. The van der Waals surface area contributed by atoms with Crippen molar-refractivity contribution in [1.82, 2.24) is 9.55 Å². The van der Waals surface area contributed by atoms with Gasteiger partial charge in [0.25, 0.3) is 0 Å². The predicted octanol–water partition coefficient (Wildman–Crippen LogP) is 4.80. The smallest absolute Gasteiger partial charge is 0.333 e. The zero-order valence-corrected chi connectivity index (χ0v) is 15.2. The van der Waals surface area contributed by atoms with Gasteiger partial charge in [-0.1, -0.05) is 6.07 Å². The van der Waals surface area contributed by atoms with Gasteiger partial charge in [0, 0.05) is 18.9 Å². The van der Waals surface area contributed by atoms with E-state index in [4.69, 9.17) is 0 Å². The molecule has 0 fully saturated rings. The van der Waals surface area contributed by atoms with Crippen molar-refractivity contribution in [1.29, 1.82) is 0 Å². The second-order valence-electron chi connectivity index (χ2n) is 6.08. The Bertz CT molecular complexity index is 1120. The highest BCUT2D eigenvalue weighted by Gasteiger charge is 2.35. The van der Waals surface area contributed by atoms with Crippen LogP contribution in [0.1, 0.15) is 16.7 Å². The molecule has 0 saturated heterocycles. The van der Waals surface area contributed by atoms with Gasteiger partial charge < -0.3 is 4.57 Å². The maximum atomic E-state index is 13.3. The van der Waals surface area contributed by atoms with Crippen molar-refractivity contribution in [3.63, 3.8) is 0 Å². The van der Waals surface area contributed by atoms with Gasteiger partial charge in [0.05, 0.1) is 27.2 Å². The van der Waals surface area contributed by atoms with Crippen LogP contribution in [0.2, 0.25) is 0 Å². The summed E-state index contributed by atoms with van der Waals surface area (Å²) >= 11 is 0. The van der Waals surface area contributed by atoms with Gasteiger partial charge in [-0.25, -0.2) is 13.4 Å². The number of alkyl halides is 6. The molecule has 0 aliphatic rings. The largest absolute Gasteiger partial charge is 0.416 e. The van der Waals surface area contributed by atoms with E-state index in [0.29, 0.717) is 18.2 Å². The number of halogens is 6. The van der Waals surface area contributed by atoms with Gasteiger partial charge in [0.1, 0.15) is 0 Å². The molecule has 3 rings (SSSR count). The van der Waals surface area contributed by atoms with Crippen molar-refractivity contribution in [2.24, 2.45) is 0 Å². The van der Waals surface area contributed by atoms with Crippen LogP contribution in [0, 0.1) is 0 Å². The molecule has 29 heavy (non-hydrogen) atoms. The van der Waals surface area contributed by atoms with Crippen molar-refractivity contribution in [2.45, 2.75) is 28.7 Å². The lowest BCUT2D eigenvalue weighted by Gasteiger charge is -2.15. The monoisotopic (exact) mass is 434 g/mol. The van der Waals surface area contributed by atoms with Crippen molar-refractivity contribution in [3.05, 3.63) is 77.9 Å². The summed E-state index contributed by atoms with van der Waals surface area (Å²) in [7, 11) is -4.48. The molecular formula is C18H12F6N2O2S. The zero-order chi connectivity index (χ0) is 21.4. The summed E-state index contributed by atoms with van der Waals surface area (Å²) < 4.78 is 105. The maximum absolute atomic E-state index is 13.3. The highest BCUT2D eigenvalue weighted by Crippen LogP contribution is 2.36. The Labute approximate surface area is 161 Å². The van der Waals surface area contributed by atoms with Crippen LogP contribution in [0.15, 0.2) is 71.0 Å². The molecule has 0 aliphatic heterocycles. The number of benzene rings is 2. The molecule has 1 aromatic heterocycles. The van der Waals surface area contributed by atoms with E-state index in [-0.39, 0.29) is 12.1 Å². The average Bonchev–Trinajstić information content (AvgIpc) is 3.13. The van der Waals surface area contributed by atoms with Gasteiger partial charge in [-0.15, -0.1) is 0 Å². The van der Waals surface area contributed by atoms with E-state index in [1.807, 2.05) is 0 Å². The summed E-state index contributed by atoms with van der Waals surface area (Å²) in [5.41, 5.74) is -2.58. The van der Waals surface area contributed by atoms with E-state index < -0.39 is 43.1 Å². The van der Waals surface area contributed by atoms with E-state index in [1.54, 1.807) is 0 Å². The molecule has 11 heteroatoms. The first-order chi connectivity index (χ1) is 13.4. The Morgan fingerprint density at radius 3 is 2.17 bits per heavy atom. The first kappa shape index (κ1) is 20.9. The number of sulfone groups is 1. The third kappa shape index (κ3) is 4.44. The summed E-state index contributed by atoms with van der Waals surface area (Å²) in [5, 5.41) is 0. The molecule has 1 heterocycles. The van der Waals surface area contributed by atoms with E-state index in [9.17, 15) is 34.8 Å². The van der Waals surface area contributed by atoms with E-state index >= 15 is 0 Å². The van der Waals surface area contributed by atoms with Crippen LogP contribution < -0.4 is 0 Å². The lowest BCUT2D eigenvalue weighted by Crippen LogP contribution is -2.13. The summed E-state index contributed by atoms with van der Waals surface area (Å²) in [6, 6.07) is 5.18. The van der Waals surface area contributed by atoms with Gasteiger partial charge in [-0.2, -0.15) is 26.3 Å². The molecule has 0 spiro atoms. The fourth-order valence-electron chi connectivity index (χ4n) is 2.70. The average molecular weight is 434 g/mol. The van der Waals surface area contributed by atoms with Crippen LogP contribution >= 0.6 is 0 Å². The topological polar surface area (TPSA) is 52.0 Å². The molecule has 0 N–H and O–H groups in total. The van der Waals surface area contributed by atoms with Gasteiger partial charge in [-0.05, 0) is 42.0 Å². The number of imidazole rings is 1. The van der Waals surface area contributed by atoms with Crippen LogP contribution in [0.4, 0.5) is 26.3 Å². The van der Waals surface area contributed by atoms with Crippen LogP contribution in [0.25, 0.3) is 0 Å². The number of nitrogens with zero attached hydrogens (tertiary/aromatic N) is 2. The molecule has 2 aromatic carbocycles. The lowest BCUT2D eigenvalue weighted by atomic mass is 10.1. The second-order valence-corrected chi connectivity index (χ2v) is 8.03. The van der Waals surface area contributed by atoms with Crippen molar-refractivity contribution in [3.8, 4) is 0 Å². The van der Waals surface area contributed by atoms with Gasteiger partial charge in [0.15, 0.2) is 0 Å². The molecule has 0 saturated carbocycles. The zero-order valence-electron chi connectivity index (χ0n) is 14.4. The fraction of sp³-hybridized carbons (Fsp3) is 0.167. The first-order valence-electron chi connectivity index (χ1n) is 7.97. The molecule has 0 atom stereocenters. The quantitative estimate of drug-likeness (QED) is 0.555. The molecule has 0 bridgehead atoms. The summed E-state index contributed by atoms with van der Waals surface area (Å²) in [5.74, 6) is 0. The molecule has 0 aliphatic carbocycles. The van der Waals surface area contributed by atoms with E-state index in [0.717, 1.165) is 24.3 Å². The Balaban J connectivity index is 2.11. The van der Waals surface area contributed by atoms with Gasteiger partial charge >= 0.3 is 12.4 Å². The Hall–Kier alpha value is -2.82. The Morgan fingerprint density at radius 1 is 0.897 bits per heavy atom. The molecule has 0 unspecified atom stereocenters. The van der Waals surface area contributed by atoms with Crippen LogP contribution in [0.5, 0.6) is 0 Å². The number of aromatic nitrogens is 2. The third-order valence-electron chi connectivity index (χ3n) is 4.08. The maximum Gasteiger partial charge on any atom is 0.416 e. The number of hydrogen-bond acceptors (Lipinski definition) is 3. The fourth-order valence-corrected chi connectivity index (χ4v) is 4.05. The molecular weight excluding hydrogens is 422 g/mol. The van der Waals surface area contributed by atoms with Crippen molar-refractivity contribution >= 4 is 9.84 Å². The highest BCUT2D eigenvalue weighted by molar-refractivity contribution is 7.91. The van der Waals surface area contributed by atoms with E-state index in [1.165, 1.54) is 23.3 Å². The van der Waals surface area contributed by atoms with Crippen LogP contribution in [-0.4, -0.2) is 18.0 Å². The minimum Gasteiger partial charge on any atom is -0.333 e. The Morgan fingerprint density at radius 2 is 1.59 bits per heavy atom. The molecule has 0 radical (unpaired) electrons. The van der Waals surface area contributed by atoms with Crippen molar-refractivity contribution < 1.29 is 34.8 Å². The summed E-state index contributed by atoms with van der Waals surface area (Å²) in [6.07, 6.45) is -5.51. The Kier molecular flexibility index (Phi) is 5.20. The van der Waals surface area contributed by atoms with E-state index in [2.05, 4.69) is 4.98 Å². The third-order valence-corrected chi connectivity index (χ3v) is 5.83.